The zero-order valence-electron chi connectivity index (χ0n) is 7.83. The number of anilines is 1. The van der Waals surface area contributed by atoms with Gasteiger partial charge in [-0.15, -0.1) is 0 Å². The molecule has 2 N–H and O–H groups in total. The first-order valence-corrected chi connectivity index (χ1v) is 4.30. The fraction of sp³-hybridized carbons (Fsp3) is 0.182. The largest absolute Gasteiger partial charge is 0.397 e. The van der Waals surface area contributed by atoms with Gasteiger partial charge in [0.1, 0.15) is 0 Å². The number of hydrogen-bond acceptors (Lipinski definition) is 2. The van der Waals surface area contributed by atoms with Crippen LogP contribution in [0.1, 0.15) is 11.3 Å². The number of nitrogens with two attached hydrogens (primary N) is 1. The summed E-state index contributed by atoms with van der Waals surface area (Å²) in [7, 11) is 0. The molecule has 1 aromatic heterocycles. The molecule has 1 aromatic carbocycles. The highest BCUT2D eigenvalue weighted by atomic mass is 14.7. The molecule has 0 saturated heterocycles. The second-order valence-corrected chi connectivity index (χ2v) is 3.36. The van der Waals surface area contributed by atoms with Crippen molar-refractivity contribution < 1.29 is 0 Å². The molecule has 0 bridgehead atoms. The molecule has 2 heteroatoms. The van der Waals surface area contributed by atoms with Crippen molar-refractivity contribution in [3.8, 4) is 0 Å². The average molecular weight is 172 g/mol. The van der Waals surface area contributed by atoms with Crippen LogP contribution in [0.25, 0.3) is 10.9 Å². The van der Waals surface area contributed by atoms with Crippen LogP contribution in [0, 0.1) is 13.8 Å². The molecule has 0 saturated carbocycles. The van der Waals surface area contributed by atoms with E-state index in [0.29, 0.717) is 0 Å². The Labute approximate surface area is 77.4 Å². The number of nitrogen functional groups attached to an aromatic ring is 1. The highest BCUT2D eigenvalue weighted by Crippen LogP contribution is 2.18. The summed E-state index contributed by atoms with van der Waals surface area (Å²) in [6.45, 7) is 3.99. The molecule has 0 atom stereocenters. The molecular formula is C11H12N2. The van der Waals surface area contributed by atoms with E-state index in [1.54, 1.807) is 0 Å². The summed E-state index contributed by atoms with van der Waals surface area (Å²) in [5.41, 5.74) is 9.67. The van der Waals surface area contributed by atoms with Gasteiger partial charge in [0, 0.05) is 5.39 Å². The first-order chi connectivity index (χ1) is 6.16. The van der Waals surface area contributed by atoms with E-state index >= 15 is 0 Å². The summed E-state index contributed by atoms with van der Waals surface area (Å²) in [6.07, 6.45) is 0. The predicted octanol–water partition coefficient (Wildman–Crippen LogP) is 2.43. The van der Waals surface area contributed by atoms with Crippen LogP contribution in [0.2, 0.25) is 0 Å². The Bertz CT molecular complexity index is 461. The number of rotatable bonds is 0. The van der Waals surface area contributed by atoms with Gasteiger partial charge in [-0.3, -0.25) is 4.98 Å². The number of pyridine rings is 1. The van der Waals surface area contributed by atoms with Crippen LogP contribution in [-0.2, 0) is 0 Å². The average Bonchev–Trinajstić information content (AvgIpc) is 2.08. The van der Waals surface area contributed by atoms with Crippen molar-refractivity contribution in [3.63, 3.8) is 0 Å². The number of aromatic nitrogens is 1. The molecule has 0 spiro atoms. The van der Waals surface area contributed by atoms with E-state index in [0.717, 1.165) is 22.3 Å². The minimum absolute atomic E-state index is 0.761. The summed E-state index contributed by atoms with van der Waals surface area (Å²) in [4.78, 5) is 4.41. The lowest BCUT2D eigenvalue weighted by Crippen LogP contribution is -1.93. The molecule has 0 aliphatic carbocycles. The zero-order chi connectivity index (χ0) is 9.42. The summed E-state index contributed by atoms with van der Waals surface area (Å²) >= 11 is 0. The maximum Gasteiger partial charge on any atom is 0.0709 e. The Morgan fingerprint density at radius 2 is 1.92 bits per heavy atom. The second-order valence-electron chi connectivity index (χ2n) is 3.36. The molecule has 13 heavy (non-hydrogen) atoms. The molecule has 2 rings (SSSR count). The molecule has 0 fully saturated rings. The minimum Gasteiger partial charge on any atom is -0.397 e. The molecule has 0 aliphatic rings. The van der Waals surface area contributed by atoms with Crippen LogP contribution in [-0.4, -0.2) is 4.98 Å². The van der Waals surface area contributed by atoms with Gasteiger partial charge in [-0.2, -0.15) is 0 Å². The summed E-state index contributed by atoms with van der Waals surface area (Å²) < 4.78 is 0. The van der Waals surface area contributed by atoms with Crippen LogP contribution in [0.3, 0.4) is 0 Å². The van der Waals surface area contributed by atoms with E-state index in [1.165, 1.54) is 5.56 Å². The second kappa shape index (κ2) is 2.73. The molecule has 2 aromatic rings. The Kier molecular flexibility index (Phi) is 1.69. The number of fused-ring (bicyclic) bond motifs is 1. The maximum absolute atomic E-state index is 5.76. The van der Waals surface area contributed by atoms with Gasteiger partial charge in [0.2, 0.25) is 0 Å². The van der Waals surface area contributed by atoms with Gasteiger partial charge in [-0.25, -0.2) is 0 Å². The van der Waals surface area contributed by atoms with E-state index < -0.39 is 0 Å². The monoisotopic (exact) mass is 172 g/mol. The van der Waals surface area contributed by atoms with Crippen molar-refractivity contribution in [2.75, 3.05) is 5.73 Å². The summed E-state index contributed by atoms with van der Waals surface area (Å²) in [5, 5.41) is 1.11. The van der Waals surface area contributed by atoms with Crippen molar-refractivity contribution in [2.45, 2.75) is 13.8 Å². The lowest BCUT2D eigenvalue weighted by molar-refractivity contribution is 1.26. The molecule has 0 amide bonds. The van der Waals surface area contributed by atoms with Crippen LogP contribution in [0.4, 0.5) is 5.69 Å². The van der Waals surface area contributed by atoms with Crippen LogP contribution < -0.4 is 5.73 Å². The standard InChI is InChI=1S/C11H12N2/c1-7-3-4-9-6-10(12)8(2)13-11(9)5-7/h3-6H,12H2,1-2H3. The molecule has 0 aliphatic heterocycles. The minimum atomic E-state index is 0.761. The van der Waals surface area contributed by atoms with Crippen molar-refractivity contribution in [3.05, 3.63) is 35.5 Å². The van der Waals surface area contributed by atoms with Gasteiger partial charge < -0.3 is 5.73 Å². The van der Waals surface area contributed by atoms with Gasteiger partial charge in [0.25, 0.3) is 0 Å². The molecule has 0 radical (unpaired) electrons. The van der Waals surface area contributed by atoms with Crippen LogP contribution in [0.5, 0.6) is 0 Å². The normalized spacial score (nSPS) is 10.6. The van der Waals surface area contributed by atoms with E-state index in [2.05, 4.69) is 24.0 Å². The van der Waals surface area contributed by atoms with Crippen LogP contribution >= 0.6 is 0 Å². The van der Waals surface area contributed by atoms with Gasteiger partial charge in [-0.1, -0.05) is 12.1 Å². The van der Waals surface area contributed by atoms with E-state index in [9.17, 15) is 0 Å². The number of aryl methyl sites for hydroxylation is 2. The highest BCUT2D eigenvalue weighted by molar-refractivity contribution is 5.82. The van der Waals surface area contributed by atoms with Crippen molar-refractivity contribution >= 4 is 16.6 Å². The third-order valence-electron chi connectivity index (χ3n) is 2.20. The Morgan fingerprint density at radius 1 is 1.15 bits per heavy atom. The zero-order valence-corrected chi connectivity index (χ0v) is 7.83. The summed E-state index contributed by atoms with van der Waals surface area (Å²) in [5.74, 6) is 0. The molecule has 66 valence electrons. The smallest absolute Gasteiger partial charge is 0.0709 e. The fourth-order valence-electron chi connectivity index (χ4n) is 1.39. The van der Waals surface area contributed by atoms with Crippen LogP contribution in [0.15, 0.2) is 24.3 Å². The van der Waals surface area contributed by atoms with Gasteiger partial charge in [0.05, 0.1) is 16.9 Å². The van der Waals surface area contributed by atoms with Gasteiger partial charge >= 0.3 is 0 Å². The van der Waals surface area contributed by atoms with Crippen molar-refractivity contribution in [1.82, 2.24) is 4.98 Å². The summed E-state index contributed by atoms with van der Waals surface area (Å²) in [6, 6.07) is 8.16. The van der Waals surface area contributed by atoms with E-state index in [4.69, 9.17) is 5.73 Å². The molecule has 2 nitrogen and oxygen atoms in total. The van der Waals surface area contributed by atoms with Gasteiger partial charge in [0.15, 0.2) is 0 Å². The highest BCUT2D eigenvalue weighted by Gasteiger charge is 1.99. The van der Waals surface area contributed by atoms with Crippen molar-refractivity contribution in [2.24, 2.45) is 0 Å². The Balaban J connectivity index is 2.81. The number of hydrogen-bond donors (Lipinski definition) is 1. The predicted molar refractivity (Wildman–Crippen MR) is 55.6 cm³/mol. The lowest BCUT2D eigenvalue weighted by Gasteiger charge is -2.03. The SMILES string of the molecule is Cc1ccc2cc(N)c(C)nc2c1. The topological polar surface area (TPSA) is 38.9 Å². The van der Waals surface area contributed by atoms with E-state index in [-0.39, 0.29) is 0 Å². The first-order valence-electron chi connectivity index (χ1n) is 4.30. The number of nitrogens with zero attached hydrogens (tertiary/aromatic N) is 1. The van der Waals surface area contributed by atoms with Gasteiger partial charge in [-0.05, 0) is 31.5 Å². The third-order valence-corrected chi connectivity index (χ3v) is 2.20. The molecule has 1 heterocycles. The molecular weight excluding hydrogens is 160 g/mol. The van der Waals surface area contributed by atoms with E-state index in [1.807, 2.05) is 19.1 Å². The van der Waals surface area contributed by atoms with Crippen molar-refractivity contribution in [1.29, 1.82) is 0 Å². The third kappa shape index (κ3) is 1.35. The maximum atomic E-state index is 5.76. The number of benzene rings is 1. The Morgan fingerprint density at radius 3 is 2.69 bits per heavy atom. The lowest BCUT2D eigenvalue weighted by atomic mass is 10.1. The molecule has 0 unspecified atom stereocenters. The fourth-order valence-corrected chi connectivity index (χ4v) is 1.39. The quantitative estimate of drug-likeness (QED) is 0.662. The first kappa shape index (κ1) is 8.05. The Hall–Kier alpha value is -1.57.